The van der Waals surface area contributed by atoms with Crippen LogP contribution in [0.2, 0.25) is 0 Å². The van der Waals surface area contributed by atoms with Gasteiger partial charge in [-0.25, -0.2) is 0 Å². The summed E-state index contributed by atoms with van der Waals surface area (Å²) in [6, 6.07) is 5.48. The number of rotatable bonds is 2. The maximum atomic E-state index is 12.7. The van der Waals surface area contributed by atoms with Gasteiger partial charge in [0.15, 0.2) is 0 Å². The molecule has 1 aromatic carbocycles. The first-order valence-corrected chi connectivity index (χ1v) is 7.21. The Morgan fingerprint density at radius 2 is 1.76 bits per heavy atom. The van der Waals surface area contributed by atoms with Crippen molar-refractivity contribution in [1.82, 2.24) is 4.90 Å². The third-order valence-electron chi connectivity index (χ3n) is 4.12. The zero-order chi connectivity index (χ0) is 15.0. The fraction of sp³-hybridized carbons (Fsp3) is 0.533. The quantitative estimate of drug-likeness (QED) is 0.671. The van der Waals surface area contributed by atoms with Crippen LogP contribution in [0, 0.1) is 11.3 Å². The Hall–Kier alpha value is -1.72. The largest absolute Gasteiger partial charge is 0.416 e. The van der Waals surface area contributed by atoms with Crippen molar-refractivity contribution in [3.63, 3.8) is 0 Å². The molecule has 1 saturated carbocycles. The van der Waals surface area contributed by atoms with E-state index >= 15 is 0 Å². The molecule has 0 amide bonds. The summed E-state index contributed by atoms with van der Waals surface area (Å²) in [6.07, 6.45) is -2.09. The molecular weight excluding hydrogens is 279 g/mol. The molecule has 0 unspecified atom stereocenters. The Labute approximate surface area is 121 Å². The first-order chi connectivity index (χ1) is 9.95. The van der Waals surface area contributed by atoms with Crippen molar-refractivity contribution >= 4 is 11.5 Å². The van der Waals surface area contributed by atoms with E-state index in [9.17, 15) is 13.2 Å². The molecule has 1 aliphatic carbocycles. The van der Waals surface area contributed by atoms with Crippen LogP contribution >= 0.6 is 0 Å². The Bertz CT molecular complexity index is 529. The maximum Gasteiger partial charge on any atom is 0.416 e. The molecule has 1 N–H and O–H groups in total. The molecule has 114 valence electrons. The summed E-state index contributed by atoms with van der Waals surface area (Å²) >= 11 is 0. The lowest BCUT2D eigenvalue weighted by atomic mass is 10.1. The van der Waals surface area contributed by atoms with E-state index in [1.165, 1.54) is 12.1 Å². The second-order valence-electron chi connectivity index (χ2n) is 5.68. The molecule has 1 heterocycles. The summed E-state index contributed by atoms with van der Waals surface area (Å²) in [4.78, 5) is 4.02. The molecule has 6 heteroatoms. The van der Waals surface area contributed by atoms with Crippen molar-refractivity contribution in [2.24, 2.45) is 5.92 Å². The minimum atomic E-state index is -4.30. The molecule has 0 spiro atoms. The van der Waals surface area contributed by atoms with Gasteiger partial charge in [-0.3, -0.25) is 5.41 Å². The highest BCUT2D eigenvalue weighted by molar-refractivity contribution is 5.84. The molecule has 2 fully saturated rings. The van der Waals surface area contributed by atoms with Crippen molar-refractivity contribution in [1.29, 1.82) is 5.41 Å². The minimum absolute atomic E-state index is 0.421. The molecule has 1 saturated heterocycles. The van der Waals surface area contributed by atoms with Gasteiger partial charge in [0, 0.05) is 37.8 Å². The van der Waals surface area contributed by atoms with Gasteiger partial charge >= 0.3 is 6.18 Å². The molecule has 1 aliphatic heterocycles. The van der Waals surface area contributed by atoms with E-state index in [2.05, 4.69) is 4.90 Å². The average Bonchev–Trinajstić information content (AvgIpc) is 3.31. The van der Waals surface area contributed by atoms with E-state index in [1.54, 1.807) is 6.07 Å². The van der Waals surface area contributed by atoms with Gasteiger partial charge in [0.1, 0.15) is 0 Å². The van der Waals surface area contributed by atoms with Crippen LogP contribution in [0.5, 0.6) is 0 Å². The topological polar surface area (TPSA) is 30.3 Å². The van der Waals surface area contributed by atoms with E-state index in [1.807, 2.05) is 4.90 Å². The third kappa shape index (κ3) is 3.14. The van der Waals surface area contributed by atoms with E-state index in [0.717, 1.165) is 18.9 Å². The number of anilines is 1. The fourth-order valence-corrected chi connectivity index (χ4v) is 2.70. The molecule has 1 aromatic rings. The Morgan fingerprint density at radius 1 is 1.10 bits per heavy atom. The van der Waals surface area contributed by atoms with Gasteiger partial charge in [-0.15, -0.1) is 0 Å². The lowest BCUT2D eigenvalue weighted by Crippen LogP contribution is -2.49. The predicted molar refractivity (Wildman–Crippen MR) is 75.7 cm³/mol. The molecule has 0 aromatic heterocycles. The highest BCUT2D eigenvalue weighted by Gasteiger charge is 2.33. The van der Waals surface area contributed by atoms with Crippen LogP contribution in [0.15, 0.2) is 24.3 Å². The summed E-state index contributed by atoms with van der Waals surface area (Å²) in [5.74, 6) is 1.13. The molecule has 2 aliphatic rings. The van der Waals surface area contributed by atoms with Crippen molar-refractivity contribution in [3.05, 3.63) is 29.8 Å². The Balaban J connectivity index is 1.65. The molecular formula is C15H18F3N3. The first-order valence-electron chi connectivity index (χ1n) is 7.21. The van der Waals surface area contributed by atoms with Crippen LogP contribution in [-0.4, -0.2) is 36.9 Å². The van der Waals surface area contributed by atoms with Gasteiger partial charge < -0.3 is 9.80 Å². The first kappa shape index (κ1) is 14.2. The number of nitrogens with one attached hydrogen (secondary N) is 1. The molecule has 0 atom stereocenters. The summed E-state index contributed by atoms with van der Waals surface area (Å²) in [5.41, 5.74) is 0.00980. The monoisotopic (exact) mass is 297 g/mol. The molecule has 3 nitrogen and oxygen atoms in total. The van der Waals surface area contributed by atoms with Crippen molar-refractivity contribution < 1.29 is 13.2 Å². The number of hydrogen-bond donors (Lipinski definition) is 1. The number of halogens is 3. The summed E-state index contributed by atoms with van der Waals surface area (Å²) in [5, 5.41) is 8.05. The van der Waals surface area contributed by atoms with E-state index in [-0.39, 0.29) is 0 Å². The van der Waals surface area contributed by atoms with Gasteiger partial charge in [-0.2, -0.15) is 13.2 Å². The second-order valence-corrected chi connectivity index (χ2v) is 5.68. The van der Waals surface area contributed by atoms with Gasteiger partial charge in [-0.1, -0.05) is 6.07 Å². The average molecular weight is 297 g/mol. The van der Waals surface area contributed by atoms with Crippen LogP contribution < -0.4 is 4.90 Å². The zero-order valence-electron chi connectivity index (χ0n) is 11.7. The maximum absolute atomic E-state index is 12.7. The number of benzene rings is 1. The molecule has 3 rings (SSSR count). The minimum Gasteiger partial charge on any atom is -0.368 e. The Morgan fingerprint density at radius 3 is 2.33 bits per heavy atom. The van der Waals surface area contributed by atoms with E-state index < -0.39 is 11.7 Å². The number of hydrogen-bond acceptors (Lipinski definition) is 2. The van der Waals surface area contributed by atoms with Crippen molar-refractivity contribution in [2.45, 2.75) is 19.0 Å². The van der Waals surface area contributed by atoms with Gasteiger partial charge in [0.2, 0.25) is 0 Å². The van der Waals surface area contributed by atoms with Crippen LogP contribution in [0.1, 0.15) is 18.4 Å². The highest BCUT2D eigenvalue weighted by atomic mass is 19.4. The second kappa shape index (κ2) is 5.24. The normalized spacial score (nSPS) is 19.8. The number of alkyl halides is 3. The predicted octanol–water partition coefficient (Wildman–Crippen LogP) is 3.21. The molecule has 0 radical (unpaired) electrons. The number of nitrogens with zero attached hydrogens (tertiary/aromatic N) is 2. The lowest BCUT2D eigenvalue weighted by molar-refractivity contribution is -0.137. The van der Waals surface area contributed by atoms with Crippen LogP contribution in [0.3, 0.4) is 0 Å². The third-order valence-corrected chi connectivity index (χ3v) is 4.12. The van der Waals surface area contributed by atoms with E-state index in [0.29, 0.717) is 43.6 Å². The van der Waals surface area contributed by atoms with Gasteiger partial charge in [-0.05, 0) is 31.0 Å². The zero-order valence-corrected chi connectivity index (χ0v) is 11.7. The standard InChI is InChI=1S/C15H18F3N3/c16-15(17,18)12-2-1-3-13(10-12)20-6-8-21(9-7-20)14(19)11-4-5-11/h1-3,10-11,19H,4-9H2. The van der Waals surface area contributed by atoms with Crippen LogP contribution in [-0.2, 0) is 6.18 Å². The fourth-order valence-electron chi connectivity index (χ4n) is 2.70. The summed E-state index contributed by atoms with van der Waals surface area (Å²) in [7, 11) is 0. The summed E-state index contributed by atoms with van der Waals surface area (Å²) < 4.78 is 38.2. The Kier molecular flexibility index (Phi) is 3.55. The summed E-state index contributed by atoms with van der Waals surface area (Å²) in [6.45, 7) is 2.75. The highest BCUT2D eigenvalue weighted by Crippen LogP contribution is 2.33. The number of amidine groups is 1. The van der Waals surface area contributed by atoms with Gasteiger partial charge in [0.05, 0.1) is 11.4 Å². The SMILES string of the molecule is N=C(C1CC1)N1CCN(c2cccc(C(F)(F)F)c2)CC1. The van der Waals surface area contributed by atoms with Crippen molar-refractivity contribution in [2.75, 3.05) is 31.1 Å². The van der Waals surface area contributed by atoms with E-state index in [4.69, 9.17) is 5.41 Å². The lowest BCUT2D eigenvalue weighted by Gasteiger charge is -2.37. The number of piperazine rings is 1. The smallest absolute Gasteiger partial charge is 0.368 e. The van der Waals surface area contributed by atoms with Crippen molar-refractivity contribution in [3.8, 4) is 0 Å². The molecule has 0 bridgehead atoms. The molecule has 21 heavy (non-hydrogen) atoms. The van der Waals surface area contributed by atoms with Crippen LogP contribution in [0.4, 0.5) is 18.9 Å². The van der Waals surface area contributed by atoms with Gasteiger partial charge in [0.25, 0.3) is 0 Å². The van der Waals surface area contributed by atoms with Crippen LogP contribution in [0.25, 0.3) is 0 Å².